The highest BCUT2D eigenvalue weighted by Gasteiger charge is 2.52. The highest BCUT2D eigenvalue weighted by molar-refractivity contribution is 7.88. The van der Waals surface area contributed by atoms with Gasteiger partial charge in [0.05, 0.1) is 23.8 Å². The van der Waals surface area contributed by atoms with Gasteiger partial charge in [-0.3, -0.25) is 4.79 Å². The third kappa shape index (κ3) is 5.76. The third-order valence-electron chi connectivity index (χ3n) is 8.61. The molecule has 202 valence electrons. The Morgan fingerprint density at radius 3 is 2.36 bits per heavy atom. The zero-order chi connectivity index (χ0) is 26.1. The number of fused-ring (bicyclic) bond motifs is 2. The Labute approximate surface area is 217 Å². The van der Waals surface area contributed by atoms with E-state index in [1.54, 1.807) is 0 Å². The van der Waals surface area contributed by atoms with Gasteiger partial charge < -0.3 is 15.0 Å². The maximum absolute atomic E-state index is 14.4. The molecule has 0 radical (unpaired) electrons. The van der Waals surface area contributed by atoms with Crippen molar-refractivity contribution in [3.05, 3.63) is 29.3 Å². The van der Waals surface area contributed by atoms with Gasteiger partial charge >= 0.3 is 0 Å². The number of sulfonamides is 1. The van der Waals surface area contributed by atoms with E-state index in [1.165, 1.54) is 24.7 Å². The van der Waals surface area contributed by atoms with Crippen molar-refractivity contribution in [1.29, 1.82) is 0 Å². The minimum Gasteiger partial charge on any atom is -0.491 e. The predicted molar refractivity (Wildman–Crippen MR) is 144 cm³/mol. The number of carbonyl (C=O) groups excluding carboxylic acids is 1. The molecule has 1 unspecified atom stereocenters. The molecule has 1 aliphatic carbocycles. The molecule has 0 aromatic heterocycles. The van der Waals surface area contributed by atoms with E-state index in [2.05, 4.69) is 36.0 Å². The van der Waals surface area contributed by atoms with Crippen LogP contribution in [0.1, 0.15) is 83.4 Å². The molecular formula is C28H45N3O4S. The van der Waals surface area contributed by atoms with Crippen LogP contribution in [0.25, 0.3) is 0 Å². The molecule has 2 N–H and O–H groups in total. The number of hydrogen-bond donors (Lipinski definition) is 2. The van der Waals surface area contributed by atoms with E-state index in [-0.39, 0.29) is 24.6 Å². The maximum Gasteiger partial charge on any atom is 0.233 e. The summed E-state index contributed by atoms with van der Waals surface area (Å²) < 4.78 is 32.4. The molecule has 1 amide bonds. The van der Waals surface area contributed by atoms with Crippen molar-refractivity contribution < 1.29 is 17.9 Å². The molecule has 3 aliphatic rings. The van der Waals surface area contributed by atoms with Gasteiger partial charge in [-0.2, -0.15) is 0 Å². The number of carbonyl (C=O) groups is 1. The molecular weight excluding hydrogens is 474 g/mol. The number of rotatable bonds is 8. The molecule has 2 fully saturated rings. The fraction of sp³-hybridized carbons (Fsp3) is 0.750. The van der Waals surface area contributed by atoms with Gasteiger partial charge in [0.1, 0.15) is 5.75 Å². The molecule has 36 heavy (non-hydrogen) atoms. The monoisotopic (exact) mass is 519 g/mol. The van der Waals surface area contributed by atoms with E-state index < -0.39 is 15.4 Å². The highest BCUT2D eigenvalue weighted by atomic mass is 32.2. The van der Waals surface area contributed by atoms with E-state index in [0.717, 1.165) is 56.0 Å². The second kappa shape index (κ2) is 11.0. The summed E-state index contributed by atoms with van der Waals surface area (Å²) in [5.41, 5.74) is 1.81. The summed E-state index contributed by atoms with van der Waals surface area (Å²) in [5, 5.41) is 3.43. The lowest BCUT2D eigenvalue weighted by molar-refractivity contribution is -0.145. The van der Waals surface area contributed by atoms with Crippen molar-refractivity contribution in [3.63, 3.8) is 0 Å². The molecule has 1 spiro atoms. The van der Waals surface area contributed by atoms with Crippen LogP contribution in [0.5, 0.6) is 5.75 Å². The first-order valence-electron chi connectivity index (χ1n) is 13.8. The van der Waals surface area contributed by atoms with Crippen molar-refractivity contribution in [1.82, 2.24) is 14.9 Å². The Balaban J connectivity index is 1.77. The molecule has 1 atom stereocenters. The fourth-order valence-corrected chi connectivity index (χ4v) is 7.28. The lowest BCUT2D eigenvalue weighted by Crippen LogP contribution is -2.59. The Kier molecular flexibility index (Phi) is 8.37. The summed E-state index contributed by atoms with van der Waals surface area (Å²) in [7, 11) is -3.33. The number of benzene rings is 1. The van der Waals surface area contributed by atoms with Gasteiger partial charge in [0.2, 0.25) is 15.9 Å². The van der Waals surface area contributed by atoms with E-state index in [9.17, 15) is 13.2 Å². The average molecular weight is 520 g/mol. The summed E-state index contributed by atoms with van der Waals surface area (Å²) >= 11 is 0. The number of amides is 1. The van der Waals surface area contributed by atoms with Crippen LogP contribution in [0, 0.1) is 17.8 Å². The molecule has 0 bridgehead atoms. The van der Waals surface area contributed by atoms with Gasteiger partial charge in [0, 0.05) is 13.1 Å². The second-order valence-electron chi connectivity index (χ2n) is 11.8. The standard InChI is InChI=1S/C28H45N3O4S/c1-19(2)21-6-8-22(9-7-21)26-24-18-23(35-20(3)4)10-11-25(24)28(12-14-29-15-13-28)27(32)31(26)17-16-30-36(5,33)34/h10-11,18-22,26,29-30H,6-9,12-17H2,1-5H3. The highest BCUT2D eigenvalue weighted by Crippen LogP contribution is 2.51. The molecule has 4 rings (SSSR count). The van der Waals surface area contributed by atoms with Crippen molar-refractivity contribution >= 4 is 15.9 Å². The Morgan fingerprint density at radius 1 is 1.11 bits per heavy atom. The Morgan fingerprint density at radius 2 is 1.78 bits per heavy atom. The molecule has 2 heterocycles. The molecule has 1 saturated heterocycles. The quantitative estimate of drug-likeness (QED) is 0.542. The number of ether oxygens (including phenoxy) is 1. The van der Waals surface area contributed by atoms with E-state index in [1.807, 2.05) is 24.8 Å². The first-order valence-corrected chi connectivity index (χ1v) is 15.7. The average Bonchev–Trinajstić information content (AvgIpc) is 2.82. The van der Waals surface area contributed by atoms with Crippen molar-refractivity contribution in [2.24, 2.45) is 17.8 Å². The van der Waals surface area contributed by atoms with Crippen LogP contribution in [0.4, 0.5) is 0 Å². The van der Waals surface area contributed by atoms with Gasteiger partial charge in [-0.25, -0.2) is 13.1 Å². The van der Waals surface area contributed by atoms with Crippen LogP contribution >= 0.6 is 0 Å². The van der Waals surface area contributed by atoms with E-state index in [0.29, 0.717) is 18.4 Å². The molecule has 7 nitrogen and oxygen atoms in total. The van der Waals surface area contributed by atoms with Crippen LogP contribution in [0.2, 0.25) is 0 Å². The Bertz CT molecular complexity index is 1030. The lowest BCUT2D eigenvalue weighted by atomic mass is 9.63. The van der Waals surface area contributed by atoms with Crippen LogP contribution < -0.4 is 14.8 Å². The predicted octanol–water partition coefficient (Wildman–Crippen LogP) is 3.99. The van der Waals surface area contributed by atoms with E-state index >= 15 is 0 Å². The van der Waals surface area contributed by atoms with Gasteiger partial charge in [-0.1, -0.05) is 19.9 Å². The summed E-state index contributed by atoms with van der Waals surface area (Å²) in [6.45, 7) is 10.9. The van der Waals surface area contributed by atoms with Crippen molar-refractivity contribution in [3.8, 4) is 5.75 Å². The minimum absolute atomic E-state index is 0.0572. The lowest BCUT2D eigenvalue weighted by Gasteiger charge is -2.52. The van der Waals surface area contributed by atoms with Gasteiger partial charge in [0.25, 0.3) is 0 Å². The van der Waals surface area contributed by atoms with Crippen molar-refractivity contribution in [2.45, 2.75) is 83.8 Å². The Hall–Kier alpha value is -1.64. The smallest absolute Gasteiger partial charge is 0.233 e. The van der Waals surface area contributed by atoms with E-state index in [4.69, 9.17) is 4.74 Å². The third-order valence-corrected chi connectivity index (χ3v) is 9.34. The first-order chi connectivity index (χ1) is 17.0. The SMILES string of the molecule is CC(C)Oc1ccc2c(c1)C(C1CCC(C(C)C)CC1)N(CCNS(C)(=O)=O)C(=O)C21CCNCC1. The molecule has 1 aromatic carbocycles. The van der Waals surface area contributed by atoms with Gasteiger partial charge in [-0.15, -0.1) is 0 Å². The molecule has 2 aliphatic heterocycles. The summed E-state index contributed by atoms with van der Waals surface area (Å²) in [6, 6.07) is 6.30. The maximum atomic E-state index is 14.4. The largest absolute Gasteiger partial charge is 0.491 e. The summed E-state index contributed by atoms with van der Waals surface area (Å²) in [5.74, 6) is 2.77. The van der Waals surface area contributed by atoms with Crippen LogP contribution in [-0.4, -0.2) is 57.8 Å². The first kappa shape index (κ1) is 27.4. The number of hydrogen-bond acceptors (Lipinski definition) is 5. The van der Waals surface area contributed by atoms with Crippen LogP contribution in [0.15, 0.2) is 18.2 Å². The molecule has 8 heteroatoms. The van der Waals surface area contributed by atoms with Crippen LogP contribution in [-0.2, 0) is 20.2 Å². The number of nitrogens with zero attached hydrogens (tertiary/aromatic N) is 1. The normalized spacial score (nSPS) is 26.5. The molecule has 1 aromatic rings. The minimum atomic E-state index is -3.33. The zero-order valence-electron chi connectivity index (χ0n) is 22.7. The summed E-state index contributed by atoms with van der Waals surface area (Å²) in [6.07, 6.45) is 7.27. The fourth-order valence-electron chi connectivity index (χ4n) is 6.82. The number of piperidine rings is 1. The summed E-state index contributed by atoms with van der Waals surface area (Å²) in [4.78, 5) is 16.4. The zero-order valence-corrected chi connectivity index (χ0v) is 23.5. The number of nitrogens with one attached hydrogen (secondary N) is 2. The van der Waals surface area contributed by atoms with Gasteiger partial charge in [-0.05, 0) is 106 Å². The van der Waals surface area contributed by atoms with Crippen molar-refractivity contribution in [2.75, 3.05) is 32.4 Å². The topological polar surface area (TPSA) is 87.7 Å². The second-order valence-corrected chi connectivity index (χ2v) is 13.6. The van der Waals surface area contributed by atoms with Crippen LogP contribution in [0.3, 0.4) is 0 Å². The molecule has 1 saturated carbocycles. The van der Waals surface area contributed by atoms with Gasteiger partial charge in [0.15, 0.2) is 0 Å².